The molecule has 2 aromatic rings. The van der Waals surface area contributed by atoms with Crippen LogP contribution in [0.5, 0.6) is 0 Å². The third-order valence-corrected chi connectivity index (χ3v) is 5.15. The molecule has 144 valence electrons. The van der Waals surface area contributed by atoms with E-state index in [1.165, 1.54) is 11.0 Å². The third-order valence-electron chi connectivity index (χ3n) is 3.99. The molecule has 1 saturated heterocycles. The fourth-order valence-electron chi connectivity index (χ4n) is 2.52. The molecule has 0 aliphatic carbocycles. The second-order valence-corrected chi connectivity index (χ2v) is 7.51. The summed E-state index contributed by atoms with van der Waals surface area (Å²) in [7, 11) is 0. The number of rotatable bonds is 5. The monoisotopic (exact) mass is 415 g/mol. The quantitative estimate of drug-likeness (QED) is 0.565. The molecule has 3 rings (SSSR count). The Morgan fingerprint density at radius 1 is 1.18 bits per heavy atom. The molecule has 0 spiro atoms. The Balaban J connectivity index is 1.54. The van der Waals surface area contributed by atoms with Gasteiger partial charge in [-0.3, -0.25) is 14.5 Å². The lowest BCUT2D eigenvalue weighted by atomic mass is 10.1. The van der Waals surface area contributed by atoms with Crippen LogP contribution in [0.2, 0.25) is 0 Å². The van der Waals surface area contributed by atoms with Crippen LogP contribution in [0.4, 0.5) is 14.9 Å². The van der Waals surface area contributed by atoms with Gasteiger partial charge in [-0.25, -0.2) is 4.39 Å². The summed E-state index contributed by atoms with van der Waals surface area (Å²) < 4.78 is 13.6. The largest absolute Gasteiger partial charge is 0.361 e. The Labute approximate surface area is 172 Å². The van der Waals surface area contributed by atoms with Gasteiger partial charge in [0.15, 0.2) is 5.11 Å². The molecule has 1 fully saturated rings. The first-order valence-corrected chi connectivity index (χ1v) is 9.78. The van der Waals surface area contributed by atoms with Crippen LogP contribution in [0, 0.1) is 12.7 Å². The fraction of sp³-hybridized carbons (Fsp3) is 0.150. The van der Waals surface area contributed by atoms with Crippen molar-refractivity contribution in [3.8, 4) is 0 Å². The third kappa shape index (κ3) is 4.96. The maximum atomic E-state index is 13.6. The summed E-state index contributed by atoms with van der Waals surface area (Å²) in [5.41, 5.74) is 2.24. The Morgan fingerprint density at radius 2 is 1.89 bits per heavy atom. The molecule has 2 N–H and O–H groups in total. The normalized spacial score (nSPS) is 15.2. The van der Waals surface area contributed by atoms with Gasteiger partial charge in [-0.2, -0.15) is 0 Å². The van der Waals surface area contributed by atoms with Crippen molar-refractivity contribution < 1.29 is 14.0 Å². The van der Waals surface area contributed by atoms with Crippen LogP contribution >= 0.6 is 24.0 Å². The number of nitrogens with zero attached hydrogens (tertiary/aromatic N) is 1. The number of nitrogens with one attached hydrogen (secondary N) is 2. The van der Waals surface area contributed by atoms with Crippen LogP contribution in [0.1, 0.15) is 11.1 Å². The molecule has 0 aromatic heterocycles. The number of halogens is 1. The smallest absolute Gasteiger partial charge is 0.293 e. The van der Waals surface area contributed by atoms with Crippen molar-refractivity contribution >= 4 is 52.0 Å². The second kappa shape index (κ2) is 8.99. The van der Waals surface area contributed by atoms with E-state index in [-0.39, 0.29) is 35.0 Å². The van der Waals surface area contributed by atoms with Gasteiger partial charge in [0, 0.05) is 13.1 Å². The Bertz CT molecular complexity index is 945. The van der Waals surface area contributed by atoms with Crippen molar-refractivity contribution in [2.45, 2.75) is 6.92 Å². The van der Waals surface area contributed by atoms with E-state index in [0.29, 0.717) is 4.91 Å². The van der Waals surface area contributed by atoms with Gasteiger partial charge in [0.1, 0.15) is 5.82 Å². The molecule has 0 bridgehead atoms. The molecule has 1 heterocycles. The molecule has 2 aromatic carbocycles. The number of imide groups is 1. The second-order valence-electron chi connectivity index (χ2n) is 6.10. The molecule has 0 radical (unpaired) electrons. The average molecular weight is 416 g/mol. The number of thiocarbonyl (C=S) groups is 1. The summed E-state index contributed by atoms with van der Waals surface area (Å²) in [4.78, 5) is 26.2. The number of para-hydroxylation sites is 1. The molecule has 8 heteroatoms. The highest BCUT2D eigenvalue weighted by atomic mass is 32.2. The van der Waals surface area contributed by atoms with Crippen molar-refractivity contribution in [1.82, 2.24) is 10.2 Å². The number of benzene rings is 2. The van der Waals surface area contributed by atoms with Crippen molar-refractivity contribution in [2.24, 2.45) is 0 Å². The minimum Gasteiger partial charge on any atom is -0.361 e. The predicted molar refractivity (Wildman–Crippen MR) is 114 cm³/mol. The van der Waals surface area contributed by atoms with Crippen molar-refractivity contribution in [1.29, 1.82) is 0 Å². The van der Waals surface area contributed by atoms with Gasteiger partial charge in [-0.05, 0) is 54.7 Å². The zero-order valence-corrected chi connectivity index (χ0v) is 16.7. The van der Waals surface area contributed by atoms with Crippen LogP contribution in [-0.4, -0.2) is 34.2 Å². The molecule has 0 atom stereocenters. The number of hydrogen-bond acceptors (Lipinski definition) is 4. The molecule has 2 amide bonds. The summed E-state index contributed by atoms with van der Waals surface area (Å²) in [5.74, 6) is -0.746. The summed E-state index contributed by atoms with van der Waals surface area (Å²) >= 11 is 6.04. The average Bonchev–Trinajstić information content (AvgIpc) is 2.93. The van der Waals surface area contributed by atoms with E-state index in [1.54, 1.807) is 24.3 Å². The van der Waals surface area contributed by atoms with Crippen LogP contribution < -0.4 is 10.6 Å². The highest BCUT2D eigenvalue weighted by Gasteiger charge is 2.34. The van der Waals surface area contributed by atoms with E-state index in [2.05, 4.69) is 10.6 Å². The van der Waals surface area contributed by atoms with Crippen molar-refractivity contribution in [3.05, 3.63) is 70.4 Å². The maximum Gasteiger partial charge on any atom is 0.293 e. The van der Waals surface area contributed by atoms with E-state index in [4.69, 9.17) is 12.2 Å². The molecule has 0 unspecified atom stereocenters. The first kappa shape index (κ1) is 20.0. The lowest BCUT2D eigenvalue weighted by molar-refractivity contribution is -0.122. The summed E-state index contributed by atoms with van der Waals surface area (Å²) in [6, 6.07) is 13.9. The minimum absolute atomic E-state index is 0.162. The highest BCUT2D eigenvalue weighted by molar-refractivity contribution is 8.18. The van der Waals surface area contributed by atoms with Crippen LogP contribution in [0.25, 0.3) is 6.08 Å². The topological polar surface area (TPSA) is 61.4 Å². The summed E-state index contributed by atoms with van der Waals surface area (Å²) in [6.45, 7) is 2.40. The number of thioether (sulfide) groups is 1. The number of carbonyl (C=O) groups is 2. The SMILES string of the molecule is Cc1ccc(/C=C2\SC(=O)N(CCNC(=S)Nc3ccccc3F)C2=O)cc1. The minimum atomic E-state index is -0.418. The molecule has 0 saturated carbocycles. The van der Waals surface area contributed by atoms with Gasteiger partial charge >= 0.3 is 0 Å². The zero-order chi connectivity index (χ0) is 20.1. The van der Waals surface area contributed by atoms with Crippen LogP contribution in [0.15, 0.2) is 53.4 Å². The lowest BCUT2D eigenvalue weighted by Crippen LogP contribution is -2.38. The molecule has 5 nitrogen and oxygen atoms in total. The van der Waals surface area contributed by atoms with E-state index in [0.717, 1.165) is 22.9 Å². The number of anilines is 1. The van der Waals surface area contributed by atoms with Gasteiger partial charge in [0.25, 0.3) is 11.1 Å². The van der Waals surface area contributed by atoms with Crippen molar-refractivity contribution in [3.63, 3.8) is 0 Å². The van der Waals surface area contributed by atoms with E-state index in [1.807, 2.05) is 31.2 Å². The standard InChI is InChI=1S/C20H18FN3O2S2/c1-13-6-8-14(9-7-13)12-17-18(25)24(20(26)28-17)11-10-22-19(27)23-16-5-3-2-4-15(16)21/h2-9,12H,10-11H2,1H3,(H2,22,23,27)/b17-12-. The molecular weight excluding hydrogens is 397 g/mol. The number of hydrogen-bond donors (Lipinski definition) is 2. The van der Waals surface area contributed by atoms with Gasteiger partial charge in [-0.15, -0.1) is 0 Å². The first-order valence-electron chi connectivity index (χ1n) is 8.55. The van der Waals surface area contributed by atoms with Crippen molar-refractivity contribution in [2.75, 3.05) is 18.4 Å². The Morgan fingerprint density at radius 3 is 2.61 bits per heavy atom. The molecule has 1 aliphatic heterocycles. The summed E-state index contributed by atoms with van der Waals surface area (Å²) in [5, 5.41) is 5.51. The van der Waals surface area contributed by atoms with Gasteiger partial charge in [0.05, 0.1) is 10.6 Å². The number of carbonyl (C=O) groups excluding carboxylic acids is 2. The van der Waals surface area contributed by atoms with Gasteiger partial charge < -0.3 is 10.6 Å². The molecular formula is C20H18FN3O2S2. The maximum absolute atomic E-state index is 13.6. The number of amides is 2. The van der Waals surface area contributed by atoms with E-state index >= 15 is 0 Å². The molecule has 1 aliphatic rings. The number of aryl methyl sites for hydroxylation is 1. The predicted octanol–water partition coefficient (Wildman–Crippen LogP) is 4.16. The highest BCUT2D eigenvalue weighted by Crippen LogP contribution is 2.31. The van der Waals surface area contributed by atoms with Gasteiger partial charge in [0.2, 0.25) is 0 Å². The lowest BCUT2D eigenvalue weighted by Gasteiger charge is -2.15. The van der Waals surface area contributed by atoms with Crippen LogP contribution in [0.3, 0.4) is 0 Å². The first-order chi connectivity index (χ1) is 13.4. The Hall–Kier alpha value is -2.71. The van der Waals surface area contributed by atoms with E-state index < -0.39 is 5.82 Å². The fourth-order valence-corrected chi connectivity index (χ4v) is 3.59. The molecule has 28 heavy (non-hydrogen) atoms. The summed E-state index contributed by atoms with van der Waals surface area (Å²) in [6.07, 6.45) is 1.71. The van der Waals surface area contributed by atoms with Crippen LogP contribution in [-0.2, 0) is 4.79 Å². The zero-order valence-electron chi connectivity index (χ0n) is 15.1. The van der Waals surface area contributed by atoms with E-state index in [9.17, 15) is 14.0 Å². The van der Waals surface area contributed by atoms with Gasteiger partial charge in [-0.1, -0.05) is 42.0 Å². The Kier molecular flexibility index (Phi) is 6.43.